The fourth-order valence-corrected chi connectivity index (χ4v) is 5.85. The van der Waals surface area contributed by atoms with E-state index in [9.17, 15) is 23.1 Å². The Labute approximate surface area is 231 Å². The number of nitrogens with two attached hydrogens (primary N) is 1. The van der Waals surface area contributed by atoms with E-state index in [1.807, 2.05) is 0 Å². The summed E-state index contributed by atoms with van der Waals surface area (Å²) >= 11 is 0. The number of carboxylic acid groups (broad SMARTS) is 1. The Kier molecular flexibility index (Phi) is 9.63. The second-order valence-corrected chi connectivity index (χ2v) is 10.7. The van der Waals surface area contributed by atoms with E-state index >= 15 is 4.39 Å². The minimum atomic E-state index is -1.36. The zero-order chi connectivity index (χ0) is 28.9. The predicted molar refractivity (Wildman–Crippen MR) is 144 cm³/mol. The molecule has 3 aromatic rings. The van der Waals surface area contributed by atoms with Crippen LogP contribution in [0.1, 0.15) is 61.4 Å². The Bertz CT molecular complexity index is 1320. The van der Waals surface area contributed by atoms with Crippen LogP contribution in [-0.2, 0) is 17.8 Å². The van der Waals surface area contributed by atoms with Gasteiger partial charge in [0.05, 0.1) is 19.0 Å². The molecule has 6 nitrogen and oxygen atoms in total. The maximum absolute atomic E-state index is 15.9. The lowest BCUT2D eigenvalue weighted by molar-refractivity contribution is -0.141. The molecule has 2 heterocycles. The average Bonchev–Trinajstić information content (AvgIpc) is 2.92. The molecule has 1 fully saturated rings. The number of aromatic nitrogens is 1. The van der Waals surface area contributed by atoms with Crippen molar-refractivity contribution in [3.05, 3.63) is 70.7 Å². The van der Waals surface area contributed by atoms with E-state index in [2.05, 4.69) is 9.88 Å². The van der Waals surface area contributed by atoms with Gasteiger partial charge in [-0.2, -0.15) is 0 Å². The van der Waals surface area contributed by atoms with Crippen LogP contribution in [0.3, 0.4) is 0 Å². The molecule has 216 valence electrons. The molecule has 1 unspecified atom stereocenters. The molecule has 1 aliphatic heterocycles. The average molecular weight is 562 g/mol. The molecule has 0 saturated carbocycles. The molecule has 0 aliphatic carbocycles. The summed E-state index contributed by atoms with van der Waals surface area (Å²) in [7, 11) is 1.54. The van der Waals surface area contributed by atoms with Gasteiger partial charge in [-0.15, -0.1) is 0 Å². The highest BCUT2D eigenvalue weighted by Gasteiger charge is 2.37. The van der Waals surface area contributed by atoms with Gasteiger partial charge in [0, 0.05) is 41.4 Å². The molecule has 0 bridgehead atoms. The number of methoxy groups -OCH3 is 1. The van der Waals surface area contributed by atoms with Crippen molar-refractivity contribution in [1.29, 1.82) is 0 Å². The molecule has 10 heteroatoms. The summed E-state index contributed by atoms with van der Waals surface area (Å²) in [5, 5.41) is 10.3. The Hall–Kier alpha value is -3.24. The quantitative estimate of drug-likeness (QED) is 0.260. The number of benzene rings is 2. The van der Waals surface area contributed by atoms with Crippen LogP contribution in [0.4, 0.5) is 17.6 Å². The summed E-state index contributed by atoms with van der Waals surface area (Å²) < 4.78 is 62.3. The van der Waals surface area contributed by atoms with E-state index in [0.29, 0.717) is 85.2 Å². The number of carboxylic acids is 1. The minimum absolute atomic E-state index is 0.0613. The molecule has 0 amide bonds. The number of ether oxygens (including phenoxy) is 1. The number of pyridine rings is 1. The summed E-state index contributed by atoms with van der Waals surface area (Å²) in [4.78, 5) is 18.3. The van der Waals surface area contributed by atoms with E-state index in [-0.39, 0.29) is 31.4 Å². The van der Waals surface area contributed by atoms with Crippen molar-refractivity contribution in [1.82, 2.24) is 9.88 Å². The largest absolute Gasteiger partial charge is 0.497 e. The lowest BCUT2D eigenvalue weighted by Crippen LogP contribution is -2.41. The highest BCUT2D eigenvalue weighted by Crippen LogP contribution is 2.43. The van der Waals surface area contributed by atoms with Crippen LogP contribution in [0, 0.1) is 22.9 Å². The van der Waals surface area contributed by atoms with E-state index in [1.165, 1.54) is 7.11 Å². The zero-order valence-electron chi connectivity index (χ0n) is 22.6. The van der Waals surface area contributed by atoms with Gasteiger partial charge in [0.2, 0.25) is 0 Å². The number of carbonyl (C=O) groups is 1. The van der Waals surface area contributed by atoms with Crippen molar-refractivity contribution in [2.24, 2.45) is 11.1 Å². The van der Waals surface area contributed by atoms with E-state index in [1.54, 1.807) is 24.4 Å². The summed E-state index contributed by atoms with van der Waals surface area (Å²) in [5.41, 5.74) is 6.92. The first-order valence-corrected chi connectivity index (χ1v) is 13.5. The lowest BCUT2D eigenvalue weighted by Gasteiger charge is -2.41. The molecule has 1 saturated heterocycles. The number of piperidine rings is 1. The van der Waals surface area contributed by atoms with Gasteiger partial charge in [-0.1, -0.05) is 0 Å². The zero-order valence-corrected chi connectivity index (χ0v) is 22.6. The molecule has 0 radical (unpaired) electrons. The van der Waals surface area contributed by atoms with Gasteiger partial charge in [0.15, 0.2) is 0 Å². The Morgan fingerprint density at radius 1 is 1.18 bits per heavy atom. The molecule has 2 aromatic carbocycles. The first kappa shape index (κ1) is 29.7. The van der Waals surface area contributed by atoms with Crippen LogP contribution >= 0.6 is 0 Å². The van der Waals surface area contributed by atoms with Crippen LogP contribution < -0.4 is 10.5 Å². The van der Waals surface area contributed by atoms with E-state index < -0.39 is 35.0 Å². The minimum Gasteiger partial charge on any atom is -0.497 e. The van der Waals surface area contributed by atoms with Gasteiger partial charge in [-0.3, -0.25) is 9.78 Å². The van der Waals surface area contributed by atoms with Crippen molar-refractivity contribution in [2.45, 2.75) is 57.7 Å². The molecular formula is C30H35F4N3O3. The molecule has 1 atom stereocenters. The maximum Gasteiger partial charge on any atom is 0.303 e. The standard InChI is InChI=1S/C30H35F4N3O3/c1-40-21-4-5-27-23(15-21)29(19(17-35)18-36-27)24(32)6-7-30(16-28(38)39)8-11-37(12-9-30)10-2-3-22-25(33)13-20(31)14-26(22)34/h4-5,13-15,18,24H,2-3,6-12,16-17,35H2,1H3,(H,38,39). The second kappa shape index (κ2) is 13.0. The molecule has 4 rings (SSSR count). The molecule has 0 spiro atoms. The SMILES string of the molecule is COc1ccc2ncc(CN)c(C(F)CCC3(CC(=O)O)CCN(CCCc4c(F)cc(F)cc4F)CC3)c2c1. The number of rotatable bonds is 12. The van der Waals surface area contributed by atoms with Crippen LogP contribution in [-0.4, -0.2) is 47.7 Å². The molecule has 1 aromatic heterocycles. The smallest absolute Gasteiger partial charge is 0.303 e. The number of hydrogen-bond donors (Lipinski definition) is 2. The summed E-state index contributed by atoms with van der Waals surface area (Å²) in [6, 6.07) is 6.64. The lowest BCUT2D eigenvalue weighted by atomic mass is 9.71. The van der Waals surface area contributed by atoms with E-state index in [0.717, 1.165) is 0 Å². The monoisotopic (exact) mass is 561 g/mol. The number of likely N-dealkylation sites (tertiary alicyclic amines) is 1. The second-order valence-electron chi connectivity index (χ2n) is 10.7. The maximum atomic E-state index is 15.9. The third kappa shape index (κ3) is 6.90. The number of fused-ring (bicyclic) bond motifs is 1. The van der Waals surface area contributed by atoms with Crippen molar-refractivity contribution in [2.75, 3.05) is 26.7 Å². The normalized spacial score (nSPS) is 16.2. The highest BCUT2D eigenvalue weighted by atomic mass is 19.1. The molecule has 40 heavy (non-hydrogen) atoms. The van der Waals surface area contributed by atoms with Crippen LogP contribution in [0.5, 0.6) is 5.75 Å². The summed E-state index contributed by atoms with van der Waals surface area (Å²) in [6.07, 6.45) is 2.43. The fourth-order valence-electron chi connectivity index (χ4n) is 5.85. The van der Waals surface area contributed by atoms with E-state index in [4.69, 9.17) is 10.5 Å². The van der Waals surface area contributed by atoms with Gasteiger partial charge in [0.25, 0.3) is 0 Å². The van der Waals surface area contributed by atoms with Crippen molar-refractivity contribution >= 4 is 16.9 Å². The van der Waals surface area contributed by atoms with Crippen LogP contribution in [0.2, 0.25) is 0 Å². The van der Waals surface area contributed by atoms with Gasteiger partial charge in [-0.25, -0.2) is 17.6 Å². The number of halogens is 4. The third-order valence-corrected chi connectivity index (χ3v) is 8.11. The van der Waals surface area contributed by atoms with Crippen molar-refractivity contribution < 1.29 is 32.2 Å². The Balaban J connectivity index is 1.41. The van der Waals surface area contributed by atoms with Gasteiger partial charge >= 0.3 is 5.97 Å². The fraction of sp³-hybridized carbons (Fsp3) is 0.467. The number of hydrogen-bond acceptors (Lipinski definition) is 5. The first-order valence-electron chi connectivity index (χ1n) is 13.5. The predicted octanol–water partition coefficient (Wildman–Crippen LogP) is 6.10. The molecule has 3 N–H and O–H groups in total. The topological polar surface area (TPSA) is 88.7 Å². The highest BCUT2D eigenvalue weighted by molar-refractivity contribution is 5.85. The first-order chi connectivity index (χ1) is 19.1. The van der Waals surface area contributed by atoms with Gasteiger partial charge in [0.1, 0.15) is 29.4 Å². The van der Waals surface area contributed by atoms with Crippen LogP contribution in [0.25, 0.3) is 10.9 Å². The molecule has 1 aliphatic rings. The number of nitrogens with zero attached hydrogens (tertiary/aromatic N) is 2. The molecular weight excluding hydrogens is 526 g/mol. The van der Waals surface area contributed by atoms with Gasteiger partial charge in [-0.05, 0) is 87.3 Å². The number of alkyl halides is 1. The third-order valence-electron chi connectivity index (χ3n) is 8.11. The van der Waals surface area contributed by atoms with Crippen molar-refractivity contribution in [3.8, 4) is 5.75 Å². The summed E-state index contributed by atoms with van der Waals surface area (Å²) in [5.74, 6) is -3.08. The Morgan fingerprint density at radius 3 is 2.50 bits per heavy atom. The van der Waals surface area contributed by atoms with Gasteiger partial charge < -0.3 is 20.5 Å². The van der Waals surface area contributed by atoms with Crippen LogP contribution in [0.15, 0.2) is 36.5 Å². The number of aliphatic carboxylic acids is 1. The Morgan fingerprint density at radius 2 is 1.88 bits per heavy atom. The van der Waals surface area contributed by atoms with Crippen molar-refractivity contribution in [3.63, 3.8) is 0 Å². The summed E-state index contributed by atoms with van der Waals surface area (Å²) in [6.45, 7) is 1.89.